The number of fused-ring (bicyclic) bond motifs is 2. The Kier molecular flexibility index (Phi) is 3.23. The Hall–Kier alpha value is -4.20. The first-order chi connectivity index (χ1) is 13.5. The van der Waals surface area contributed by atoms with Crippen LogP contribution in [0.5, 0.6) is 11.6 Å². The predicted molar refractivity (Wildman–Crippen MR) is 102 cm³/mol. The highest BCUT2D eigenvalue weighted by molar-refractivity contribution is 6.54. The molecule has 0 atom stereocenters. The van der Waals surface area contributed by atoms with Crippen LogP contribution in [0.2, 0.25) is 0 Å². The summed E-state index contributed by atoms with van der Waals surface area (Å²) in [6.45, 7) is 0. The maximum absolute atomic E-state index is 12.6. The number of benzene rings is 2. The minimum atomic E-state index is -0.680. The number of nitrogens with zero attached hydrogens (tertiary/aromatic N) is 2. The number of hydrogen-bond donors (Lipinski definition) is 4. The van der Waals surface area contributed by atoms with Gasteiger partial charge in [-0.05, 0) is 24.3 Å². The standard InChI is InChI=1S/C20H12N4O4/c25-17-9-5-1-3-7-11(9)21-13(17)15-19(27)24-16(20(28)23-15)14-18(26)10-6-2-4-8-12(10)22-14/h1-8,21,25H,(H,23,28)(H,24,27). The van der Waals surface area contributed by atoms with Gasteiger partial charge < -0.3 is 20.2 Å². The van der Waals surface area contributed by atoms with E-state index in [0.717, 1.165) is 0 Å². The summed E-state index contributed by atoms with van der Waals surface area (Å²) in [7, 11) is 0. The van der Waals surface area contributed by atoms with E-state index in [0.29, 0.717) is 22.2 Å². The number of aliphatic imine (C=N–C) groups is 1. The van der Waals surface area contributed by atoms with Crippen molar-refractivity contribution < 1.29 is 15.0 Å². The Morgan fingerprint density at radius 1 is 0.857 bits per heavy atom. The van der Waals surface area contributed by atoms with Crippen LogP contribution < -0.4 is 5.56 Å². The Bertz CT molecular complexity index is 1380. The summed E-state index contributed by atoms with van der Waals surface area (Å²) in [6.07, 6.45) is 0. The quantitative estimate of drug-likeness (QED) is 0.429. The Morgan fingerprint density at radius 3 is 2.39 bits per heavy atom. The lowest BCUT2D eigenvalue weighted by Gasteiger charge is -2.05. The summed E-state index contributed by atoms with van der Waals surface area (Å²) in [6, 6.07) is 13.7. The van der Waals surface area contributed by atoms with E-state index in [9.17, 15) is 19.8 Å². The van der Waals surface area contributed by atoms with Crippen LogP contribution in [0.3, 0.4) is 0 Å². The van der Waals surface area contributed by atoms with Crippen LogP contribution in [0.15, 0.2) is 58.3 Å². The third-order valence-corrected chi connectivity index (χ3v) is 4.64. The molecule has 3 heterocycles. The molecule has 28 heavy (non-hydrogen) atoms. The molecule has 0 saturated carbocycles. The van der Waals surface area contributed by atoms with Crippen LogP contribution in [0, 0.1) is 0 Å². The second-order valence-corrected chi connectivity index (χ2v) is 6.31. The lowest BCUT2D eigenvalue weighted by atomic mass is 10.1. The number of para-hydroxylation sites is 2. The van der Waals surface area contributed by atoms with E-state index < -0.39 is 17.2 Å². The smallest absolute Gasteiger partial charge is 0.276 e. The molecule has 0 saturated heterocycles. The fourth-order valence-electron chi connectivity index (χ4n) is 3.31. The average Bonchev–Trinajstić information content (AvgIpc) is 3.21. The van der Waals surface area contributed by atoms with Gasteiger partial charge in [0.2, 0.25) is 11.7 Å². The monoisotopic (exact) mass is 372 g/mol. The van der Waals surface area contributed by atoms with Gasteiger partial charge >= 0.3 is 0 Å². The predicted octanol–water partition coefficient (Wildman–Crippen LogP) is 2.65. The van der Waals surface area contributed by atoms with Crippen LogP contribution in [0.25, 0.3) is 22.3 Å². The number of aromatic nitrogens is 3. The van der Waals surface area contributed by atoms with Gasteiger partial charge in [-0.3, -0.25) is 9.59 Å². The number of carbonyl (C=O) groups excluding carboxylic acids is 1. The van der Waals surface area contributed by atoms with Crippen LogP contribution >= 0.6 is 0 Å². The fraction of sp³-hybridized carbons (Fsp3) is 0. The number of H-pyrrole nitrogens is 2. The molecule has 4 N–H and O–H groups in total. The van der Waals surface area contributed by atoms with E-state index in [4.69, 9.17) is 0 Å². The number of nitrogens with one attached hydrogen (secondary N) is 2. The molecule has 2 aromatic carbocycles. The number of rotatable bonds is 2. The Balaban J connectivity index is 1.65. The van der Waals surface area contributed by atoms with Crippen molar-refractivity contribution in [3.05, 3.63) is 70.1 Å². The van der Waals surface area contributed by atoms with Crippen LogP contribution in [0.4, 0.5) is 5.69 Å². The Labute approximate surface area is 156 Å². The average molecular weight is 372 g/mol. The van der Waals surface area contributed by atoms with Gasteiger partial charge in [0.1, 0.15) is 17.1 Å². The first-order valence-corrected chi connectivity index (χ1v) is 8.40. The number of ketones is 1. The van der Waals surface area contributed by atoms with Crippen molar-refractivity contribution in [2.75, 3.05) is 0 Å². The molecular formula is C20H12N4O4. The van der Waals surface area contributed by atoms with Crippen molar-refractivity contribution in [2.24, 2.45) is 4.99 Å². The molecule has 2 aromatic heterocycles. The molecule has 0 amide bonds. The highest BCUT2D eigenvalue weighted by Crippen LogP contribution is 2.35. The maximum atomic E-state index is 12.6. The normalized spacial score (nSPS) is 13.0. The number of aromatic hydroxyl groups is 2. The van der Waals surface area contributed by atoms with E-state index >= 15 is 0 Å². The number of Topliss-reactive ketones (excluding diaryl/α,β-unsaturated/α-hetero) is 1. The fourth-order valence-corrected chi connectivity index (χ4v) is 3.31. The lowest BCUT2D eigenvalue weighted by Crippen LogP contribution is -2.21. The highest BCUT2D eigenvalue weighted by atomic mass is 16.3. The first-order valence-electron chi connectivity index (χ1n) is 8.40. The van der Waals surface area contributed by atoms with E-state index in [1.807, 2.05) is 0 Å². The highest BCUT2D eigenvalue weighted by Gasteiger charge is 2.29. The first kappa shape index (κ1) is 16.0. The van der Waals surface area contributed by atoms with E-state index in [-0.39, 0.29) is 28.5 Å². The van der Waals surface area contributed by atoms with E-state index in [1.54, 1.807) is 48.5 Å². The Morgan fingerprint density at radius 2 is 1.61 bits per heavy atom. The van der Waals surface area contributed by atoms with Crippen molar-refractivity contribution in [3.63, 3.8) is 0 Å². The summed E-state index contributed by atoms with van der Waals surface area (Å²) >= 11 is 0. The molecule has 1 aliphatic rings. The van der Waals surface area contributed by atoms with Gasteiger partial charge in [-0.25, -0.2) is 9.98 Å². The van der Waals surface area contributed by atoms with Gasteiger partial charge in [0.15, 0.2) is 11.4 Å². The molecule has 0 aliphatic carbocycles. The second kappa shape index (κ2) is 5.65. The van der Waals surface area contributed by atoms with Gasteiger partial charge in [0.25, 0.3) is 5.56 Å². The molecule has 136 valence electrons. The van der Waals surface area contributed by atoms with Crippen LogP contribution in [0.1, 0.15) is 16.1 Å². The summed E-state index contributed by atoms with van der Waals surface area (Å²) in [5.74, 6) is -1.13. The number of hydrogen-bond acceptors (Lipinski definition) is 6. The molecule has 0 radical (unpaired) electrons. The van der Waals surface area contributed by atoms with Crippen LogP contribution in [-0.4, -0.2) is 36.7 Å². The summed E-state index contributed by atoms with van der Waals surface area (Å²) < 4.78 is 0. The maximum Gasteiger partial charge on any atom is 0.276 e. The minimum Gasteiger partial charge on any atom is -0.505 e. The van der Waals surface area contributed by atoms with Crippen LogP contribution in [-0.2, 0) is 0 Å². The second-order valence-electron chi connectivity index (χ2n) is 6.31. The molecule has 0 bridgehead atoms. The summed E-state index contributed by atoms with van der Waals surface area (Å²) in [5.41, 5.74) is 0.411. The zero-order valence-corrected chi connectivity index (χ0v) is 14.2. The third kappa shape index (κ3) is 2.18. The van der Waals surface area contributed by atoms with Crippen molar-refractivity contribution in [3.8, 4) is 23.0 Å². The van der Waals surface area contributed by atoms with Gasteiger partial charge in [0.05, 0.1) is 5.69 Å². The van der Waals surface area contributed by atoms with Crippen molar-refractivity contribution >= 4 is 28.1 Å². The summed E-state index contributed by atoms with van der Waals surface area (Å²) in [5, 5.41) is 21.3. The summed E-state index contributed by atoms with van der Waals surface area (Å²) in [4.78, 5) is 38.7. The zero-order chi connectivity index (χ0) is 19.4. The molecule has 4 aromatic rings. The molecule has 0 unspecified atom stereocenters. The molecule has 5 rings (SSSR count). The largest absolute Gasteiger partial charge is 0.505 e. The SMILES string of the molecule is O=C1C(c2[nH]c(=O)c(-c3[nH]c4ccccc4c3O)nc2O)=Nc2ccccc21. The van der Waals surface area contributed by atoms with Gasteiger partial charge in [0, 0.05) is 16.5 Å². The number of carbonyl (C=O) groups is 1. The number of aromatic amines is 2. The molecule has 0 spiro atoms. The molecule has 8 heteroatoms. The van der Waals surface area contributed by atoms with E-state index in [2.05, 4.69) is 19.9 Å². The van der Waals surface area contributed by atoms with Crippen molar-refractivity contribution in [1.82, 2.24) is 15.0 Å². The van der Waals surface area contributed by atoms with Gasteiger partial charge in [-0.1, -0.05) is 24.3 Å². The molecule has 1 aliphatic heterocycles. The third-order valence-electron chi connectivity index (χ3n) is 4.64. The zero-order valence-electron chi connectivity index (χ0n) is 14.2. The molecule has 8 nitrogen and oxygen atoms in total. The van der Waals surface area contributed by atoms with Gasteiger partial charge in [-0.15, -0.1) is 0 Å². The minimum absolute atomic E-state index is 0.0762. The topological polar surface area (TPSA) is 131 Å². The van der Waals surface area contributed by atoms with Crippen molar-refractivity contribution in [2.45, 2.75) is 0 Å². The van der Waals surface area contributed by atoms with Gasteiger partial charge in [-0.2, -0.15) is 0 Å². The lowest BCUT2D eigenvalue weighted by molar-refractivity contribution is 0.106. The molecule has 0 fully saturated rings. The van der Waals surface area contributed by atoms with E-state index in [1.165, 1.54) is 0 Å². The molecular weight excluding hydrogens is 360 g/mol. The van der Waals surface area contributed by atoms with Crippen molar-refractivity contribution in [1.29, 1.82) is 0 Å².